The van der Waals surface area contributed by atoms with E-state index in [9.17, 15) is 9.59 Å². The number of rotatable bonds is 3. The summed E-state index contributed by atoms with van der Waals surface area (Å²) in [5.74, 6) is -0.0746. The third-order valence-electron chi connectivity index (χ3n) is 2.88. The van der Waals surface area contributed by atoms with Crippen molar-refractivity contribution >= 4 is 11.9 Å². The largest absolute Gasteiger partial charge is 0.492 e. The van der Waals surface area contributed by atoms with Crippen LogP contribution in [0.4, 0.5) is 0 Å². The highest BCUT2D eigenvalue weighted by Crippen LogP contribution is 2.26. The second-order valence-electron chi connectivity index (χ2n) is 4.11. The van der Waals surface area contributed by atoms with Crippen molar-refractivity contribution in [1.29, 1.82) is 0 Å². The summed E-state index contributed by atoms with van der Waals surface area (Å²) in [4.78, 5) is 22.8. The van der Waals surface area contributed by atoms with Crippen LogP contribution in [0.15, 0.2) is 24.3 Å². The summed E-state index contributed by atoms with van der Waals surface area (Å²) >= 11 is 0. The van der Waals surface area contributed by atoms with Gasteiger partial charge in [0.2, 0.25) is 5.91 Å². The molecular weight excluding hydrogens is 234 g/mol. The lowest BCUT2D eigenvalue weighted by molar-refractivity contribution is -0.141. The summed E-state index contributed by atoms with van der Waals surface area (Å²) < 4.78 is 9.97. The first kappa shape index (κ1) is 12.4. The molecule has 0 bridgehead atoms. The fourth-order valence-electron chi connectivity index (χ4n) is 1.87. The molecule has 0 radical (unpaired) electrons. The van der Waals surface area contributed by atoms with E-state index in [1.165, 1.54) is 7.11 Å². The Bertz CT molecular complexity index is 458. The van der Waals surface area contributed by atoms with Crippen molar-refractivity contribution in [2.45, 2.75) is 6.42 Å². The molecule has 0 fully saturated rings. The van der Waals surface area contributed by atoms with Gasteiger partial charge in [-0.3, -0.25) is 9.59 Å². The fourth-order valence-corrected chi connectivity index (χ4v) is 1.87. The Morgan fingerprint density at radius 1 is 1.44 bits per heavy atom. The predicted octanol–water partition coefficient (Wildman–Crippen LogP) is 0.527. The minimum Gasteiger partial charge on any atom is -0.492 e. The molecule has 0 spiro atoms. The molecule has 1 atom stereocenters. The van der Waals surface area contributed by atoms with E-state index in [4.69, 9.17) is 4.74 Å². The smallest absolute Gasteiger partial charge is 0.325 e. The van der Waals surface area contributed by atoms with Gasteiger partial charge in [-0.25, -0.2) is 0 Å². The number of methoxy groups -OCH3 is 1. The normalized spacial score (nSPS) is 17.3. The number of carbonyl (C=O) groups is 2. The van der Waals surface area contributed by atoms with E-state index in [1.54, 1.807) is 0 Å². The third kappa shape index (κ3) is 2.80. The number of nitrogens with one attached hydrogen (secondary N) is 1. The van der Waals surface area contributed by atoms with Gasteiger partial charge in [0, 0.05) is 0 Å². The van der Waals surface area contributed by atoms with Crippen LogP contribution in [0.1, 0.15) is 5.56 Å². The topological polar surface area (TPSA) is 64.6 Å². The first-order valence-corrected chi connectivity index (χ1v) is 5.76. The van der Waals surface area contributed by atoms with Crippen LogP contribution in [0.25, 0.3) is 0 Å². The number of hydrogen-bond donors (Lipinski definition) is 1. The van der Waals surface area contributed by atoms with Crippen LogP contribution >= 0.6 is 0 Å². The zero-order valence-corrected chi connectivity index (χ0v) is 10.1. The van der Waals surface area contributed by atoms with Gasteiger partial charge in [0.25, 0.3) is 0 Å². The van der Waals surface area contributed by atoms with Crippen molar-refractivity contribution in [2.24, 2.45) is 5.92 Å². The number of benzene rings is 1. The molecule has 96 valence electrons. The van der Waals surface area contributed by atoms with E-state index in [1.807, 2.05) is 24.3 Å². The van der Waals surface area contributed by atoms with Gasteiger partial charge in [-0.1, -0.05) is 18.2 Å². The lowest BCUT2D eigenvalue weighted by atomic mass is 9.96. The number of esters is 1. The highest BCUT2D eigenvalue weighted by molar-refractivity contribution is 5.84. The van der Waals surface area contributed by atoms with Gasteiger partial charge in [-0.05, 0) is 18.1 Å². The maximum Gasteiger partial charge on any atom is 0.325 e. The number of hydrogen-bond acceptors (Lipinski definition) is 4. The van der Waals surface area contributed by atoms with Crippen molar-refractivity contribution < 1.29 is 19.1 Å². The molecule has 1 N–H and O–H groups in total. The molecule has 0 aromatic heterocycles. The minimum atomic E-state index is -0.458. The lowest BCUT2D eigenvalue weighted by Gasteiger charge is -2.24. The van der Waals surface area contributed by atoms with E-state index in [-0.39, 0.29) is 18.4 Å². The van der Waals surface area contributed by atoms with Gasteiger partial charge in [0.15, 0.2) is 0 Å². The van der Waals surface area contributed by atoms with Crippen molar-refractivity contribution in [2.75, 3.05) is 20.3 Å². The summed E-state index contributed by atoms with van der Waals surface area (Å²) in [6.07, 6.45) is 0.628. The number of amides is 1. The number of fused-ring (bicyclic) bond motifs is 1. The van der Waals surface area contributed by atoms with Gasteiger partial charge in [0.05, 0.1) is 13.0 Å². The number of ether oxygens (including phenoxy) is 2. The van der Waals surface area contributed by atoms with Crippen LogP contribution in [0.5, 0.6) is 5.75 Å². The van der Waals surface area contributed by atoms with Crippen molar-refractivity contribution in [3.8, 4) is 5.75 Å². The highest BCUT2D eigenvalue weighted by Gasteiger charge is 2.25. The SMILES string of the molecule is COC(=O)CNC(=O)C1COc2ccccc2C1. The summed E-state index contributed by atoms with van der Waals surface area (Å²) in [6, 6.07) is 7.64. The molecule has 5 nitrogen and oxygen atoms in total. The molecule has 1 amide bonds. The second-order valence-corrected chi connectivity index (χ2v) is 4.11. The molecule has 0 saturated heterocycles. The Labute approximate surface area is 105 Å². The zero-order chi connectivity index (χ0) is 13.0. The van der Waals surface area contributed by atoms with Gasteiger partial charge < -0.3 is 14.8 Å². The quantitative estimate of drug-likeness (QED) is 0.793. The van der Waals surface area contributed by atoms with Gasteiger partial charge in [-0.15, -0.1) is 0 Å². The molecule has 18 heavy (non-hydrogen) atoms. The van der Waals surface area contributed by atoms with Crippen LogP contribution < -0.4 is 10.1 Å². The third-order valence-corrected chi connectivity index (χ3v) is 2.88. The van der Waals surface area contributed by atoms with E-state index in [0.29, 0.717) is 13.0 Å². The predicted molar refractivity (Wildman–Crippen MR) is 64.2 cm³/mol. The van der Waals surface area contributed by atoms with Gasteiger partial charge >= 0.3 is 5.97 Å². The molecule has 2 rings (SSSR count). The van der Waals surface area contributed by atoms with E-state index in [2.05, 4.69) is 10.1 Å². The van der Waals surface area contributed by atoms with E-state index < -0.39 is 5.97 Å². The summed E-state index contributed by atoms with van der Waals surface area (Å²) in [5.41, 5.74) is 1.02. The van der Waals surface area contributed by atoms with Crippen molar-refractivity contribution in [3.05, 3.63) is 29.8 Å². The Hall–Kier alpha value is -2.04. The number of carbonyl (C=O) groups excluding carboxylic acids is 2. The maximum absolute atomic E-state index is 11.8. The first-order valence-electron chi connectivity index (χ1n) is 5.76. The lowest BCUT2D eigenvalue weighted by Crippen LogP contribution is -2.39. The first-order chi connectivity index (χ1) is 8.70. The Kier molecular flexibility index (Phi) is 3.82. The zero-order valence-electron chi connectivity index (χ0n) is 10.1. The van der Waals surface area contributed by atoms with Crippen LogP contribution in [-0.4, -0.2) is 32.1 Å². The van der Waals surface area contributed by atoms with Crippen molar-refractivity contribution in [1.82, 2.24) is 5.32 Å². The summed E-state index contributed by atoms with van der Waals surface area (Å²) in [7, 11) is 1.29. The van der Waals surface area contributed by atoms with E-state index >= 15 is 0 Å². The minimum absolute atomic E-state index is 0.104. The van der Waals surface area contributed by atoms with Gasteiger partial charge in [-0.2, -0.15) is 0 Å². The monoisotopic (exact) mass is 249 g/mol. The Morgan fingerprint density at radius 3 is 3.00 bits per heavy atom. The standard InChI is InChI=1S/C13H15NO4/c1-17-12(15)7-14-13(16)10-6-9-4-2-3-5-11(9)18-8-10/h2-5,10H,6-8H2,1H3,(H,14,16). The molecular formula is C13H15NO4. The van der Waals surface area contributed by atoms with E-state index in [0.717, 1.165) is 11.3 Å². The van der Waals surface area contributed by atoms with Crippen molar-refractivity contribution in [3.63, 3.8) is 0 Å². The average molecular weight is 249 g/mol. The molecule has 1 unspecified atom stereocenters. The molecule has 0 saturated carbocycles. The molecule has 1 aliphatic heterocycles. The summed E-state index contributed by atoms with van der Waals surface area (Å²) in [5, 5.41) is 2.54. The van der Waals surface area contributed by atoms with Crippen LogP contribution in [0.3, 0.4) is 0 Å². The molecule has 0 aliphatic carbocycles. The highest BCUT2D eigenvalue weighted by atomic mass is 16.5. The molecule has 1 aromatic rings. The number of para-hydroxylation sites is 1. The molecule has 1 aliphatic rings. The van der Waals surface area contributed by atoms with Crippen LogP contribution in [-0.2, 0) is 20.7 Å². The second kappa shape index (κ2) is 5.53. The average Bonchev–Trinajstić information content (AvgIpc) is 2.43. The molecule has 5 heteroatoms. The Morgan fingerprint density at radius 2 is 2.22 bits per heavy atom. The summed E-state index contributed by atoms with van der Waals surface area (Å²) in [6.45, 7) is 0.234. The maximum atomic E-state index is 11.8. The van der Waals surface area contributed by atoms with Gasteiger partial charge in [0.1, 0.15) is 18.9 Å². The van der Waals surface area contributed by atoms with Crippen LogP contribution in [0.2, 0.25) is 0 Å². The Balaban J connectivity index is 1.92. The fraction of sp³-hybridized carbons (Fsp3) is 0.385. The molecule has 1 heterocycles. The van der Waals surface area contributed by atoms with Crippen LogP contribution in [0, 0.1) is 5.92 Å². The molecule has 1 aromatic carbocycles.